The van der Waals surface area contributed by atoms with E-state index in [0.717, 1.165) is 32.7 Å². The second-order valence-electron chi connectivity index (χ2n) is 7.23. The molecule has 126 valence electrons. The van der Waals surface area contributed by atoms with E-state index in [4.69, 9.17) is 0 Å². The molecule has 0 N–H and O–H groups in total. The third-order valence-corrected chi connectivity index (χ3v) is 6.02. The van der Waals surface area contributed by atoms with Gasteiger partial charge in [-0.2, -0.15) is 0 Å². The molecule has 5 heteroatoms. The molecule has 3 rings (SSSR count). The highest BCUT2D eigenvalue weighted by Gasteiger charge is 2.46. The monoisotopic (exact) mass is 333 g/mol. The van der Waals surface area contributed by atoms with E-state index in [1.165, 1.54) is 22.7 Å². The van der Waals surface area contributed by atoms with Crippen molar-refractivity contribution in [2.75, 3.05) is 51.7 Å². The first-order valence-corrected chi connectivity index (χ1v) is 9.21. The zero-order chi connectivity index (χ0) is 16.4. The number of nitrogens with zero attached hydrogens (tertiary/aromatic N) is 3. The van der Waals surface area contributed by atoms with Crippen LogP contribution in [-0.4, -0.2) is 62.5 Å². The summed E-state index contributed by atoms with van der Waals surface area (Å²) in [4.78, 5) is 20.1. The van der Waals surface area contributed by atoms with Crippen LogP contribution in [0.2, 0.25) is 0 Å². The van der Waals surface area contributed by atoms with Crippen LogP contribution in [0.3, 0.4) is 0 Å². The van der Waals surface area contributed by atoms with Crippen LogP contribution in [0.15, 0.2) is 24.3 Å². The minimum absolute atomic E-state index is 0.175. The van der Waals surface area contributed by atoms with E-state index in [1.807, 2.05) is 36.4 Å². The molecule has 4 nitrogen and oxygen atoms in total. The van der Waals surface area contributed by atoms with Crippen LogP contribution in [-0.2, 0) is 4.79 Å². The van der Waals surface area contributed by atoms with Gasteiger partial charge in [-0.3, -0.25) is 4.79 Å². The van der Waals surface area contributed by atoms with Gasteiger partial charge in [-0.15, -0.1) is 11.3 Å². The van der Waals surface area contributed by atoms with Gasteiger partial charge >= 0.3 is 0 Å². The summed E-state index contributed by atoms with van der Waals surface area (Å²) in [6.07, 6.45) is 6.09. The first-order valence-electron chi connectivity index (χ1n) is 8.39. The number of piperidine rings is 1. The van der Waals surface area contributed by atoms with E-state index in [9.17, 15) is 4.79 Å². The van der Waals surface area contributed by atoms with Crippen molar-refractivity contribution in [1.82, 2.24) is 9.80 Å². The van der Waals surface area contributed by atoms with Crippen LogP contribution in [0.4, 0.5) is 5.00 Å². The molecule has 0 unspecified atom stereocenters. The maximum Gasteiger partial charge on any atom is 0.246 e. The Morgan fingerprint density at radius 3 is 2.57 bits per heavy atom. The fraction of sp³-hybridized carbons (Fsp3) is 0.611. The maximum absolute atomic E-state index is 12.1. The van der Waals surface area contributed by atoms with E-state index in [2.05, 4.69) is 28.9 Å². The first kappa shape index (κ1) is 16.5. The Morgan fingerprint density at radius 1 is 1.30 bits per heavy atom. The zero-order valence-electron chi connectivity index (χ0n) is 14.4. The molecule has 0 saturated carbocycles. The molecule has 2 fully saturated rings. The number of carbonyl (C=O) groups excluding carboxylic acids is 1. The van der Waals surface area contributed by atoms with Crippen molar-refractivity contribution in [3.63, 3.8) is 0 Å². The van der Waals surface area contributed by atoms with E-state index < -0.39 is 0 Å². The van der Waals surface area contributed by atoms with Crippen LogP contribution in [0.25, 0.3) is 0 Å². The quantitative estimate of drug-likeness (QED) is 0.793. The predicted octanol–water partition coefficient (Wildman–Crippen LogP) is 2.60. The molecule has 1 spiro atoms. The van der Waals surface area contributed by atoms with Gasteiger partial charge in [-0.1, -0.05) is 6.08 Å². The summed E-state index contributed by atoms with van der Waals surface area (Å²) in [5.74, 6) is 0.175. The van der Waals surface area contributed by atoms with E-state index in [-0.39, 0.29) is 5.91 Å². The second-order valence-corrected chi connectivity index (χ2v) is 8.50. The maximum atomic E-state index is 12.1. The van der Waals surface area contributed by atoms with E-state index >= 15 is 0 Å². The summed E-state index contributed by atoms with van der Waals surface area (Å²) in [5.41, 5.74) is 0.383. The Labute approximate surface area is 143 Å². The lowest BCUT2D eigenvalue weighted by atomic mass is 9.72. The Hall–Kier alpha value is -1.33. The molecule has 0 atom stereocenters. The zero-order valence-corrected chi connectivity index (χ0v) is 15.2. The number of likely N-dealkylation sites (tertiary alicyclic amines) is 1. The van der Waals surface area contributed by atoms with Crippen molar-refractivity contribution >= 4 is 22.2 Å². The highest BCUT2D eigenvalue weighted by atomic mass is 32.1. The fourth-order valence-electron chi connectivity index (χ4n) is 3.50. The molecule has 2 aliphatic rings. The summed E-state index contributed by atoms with van der Waals surface area (Å²) < 4.78 is 0. The summed E-state index contributed by atoms with van der Waals surface area (Å²) in [6, 6.07) is 4.44. The van der Waals surface area contributed by atoms with E-state index in [1.54, 1.807) is 6.08 Å². The first-order chi connectivity index (χ1) is 11.0. The van der Waals surface area contributed by atoms with Crippen molar-refractivity contribution in [1.29, 1.82) is 0 Å². The van der Waals surface area contributed by atoms with Crippen molar-refractivity contribution in [2.24, 2.45) is 5.41 Å². The average molecular weight is 334 g/mol. The summed E-state index contributed by atoms with van der Waals surface area (Å²) in [6.45, 7) is 7.11. The predicted molar refractivity (Wildman–Crippen MR) is 97.2 cm³/mol. The molecular formula is C18H27N3OS. The van der Waals surface area contributed by atoms with Gasteiger partial charge in [0.25, 0.3) is 0 Å². The summed E-state index contributed by atoms with van der Waals surface area (Å²) in [5, 5.41) is 1.40. The van der Waals surface area contributed by atoms with Gasteiger partial charge in [0.2, 0.25) is 5.91 Å². The summed E-state index contributed by atoms with van der Waals surface area (Å²) in [7, 11) is 4.02. The number of carbonyl (C=O) groups is 1. The fourth-order valence-corrected chi connectivity index (χ4v) is 4.41. The number of thiophene rings is 1. The number of amides is 1. The topological polar surface area (TPSA) is 26.8 Å². The highest BCUT2D eigenvalue weighted by molar-refractivity contribution is 7.16. The van der Waals surface area contributed by atoms with Gasteiger partial charge in [0.05, 0.1) is 5.00 Å². The van der Waals surface area contributed by atoms with Crippen LogP contribution < -0.4 is 4.90 Å². The smallest absolute Gasteiger partial charge is 0.246 e. The van der Waals surface area contributed by atoms with Crippen molar-refractivity contribution in [3.05, 3.63) is 29.2 Å². The third-order valence-electron chi connectivity index (χ3n) is 4.96. The SMILES string of the molecule is Cc1ccc(N2CCC3(CC2)CN(C(=O)/C=C/CN(C)C)C3)s1. The van der Waals surface area contributed by atoms with Gasteiger partial charge in [0.1, 0.15) is 0 Å². The molecule has 1 aromatic heterocycles. The molecule has 0 bridgehead atoms. The van der Waals surface area contributed by atoms with Crippen LogP contribution in [0.1, 0.15) is 17.7 Å². The molecule has 2 saturated heterocycles. The van der Waals surface area contributed by atoms with Crippen molar-refractivity contribution in [2.45, 2.75) is 19.8 Å². The van der Waals surface area contributed by atoms with Crippen LogP contribution >= 0.6 is 11.3 Å². The molecule has 2 aliphatic heterocycles. The number of likely N-dealkylation sites (N-methyl/N-ethyl adjacent to an activating group) is 1. The standard InChI is InChI=1S/C18H27N3OS/c1-15-6-7-17(23-15)20-11-8-18(9-12-20)13-21(14-18)16(22)5-4-10-19(2)3/h4-7H,8-14H2,1-3H3/b5-4+. The third kappa shape index (κ3) is 3.78. The minimum Gasteiger partial charge on any atom is -0.363 e. The minimum atomic E-state index is 0.175. The Morgan fingerprint density at radius 2 is 2.00 bits per heavy atom. The Bertz CT molecular complexity index is 577. The van der Waals surface area contributed by atoms with Gasteiger partial charge in [0.15, 0.2) is 0 Å². The lowest BCUT2D eigenvalue weighted by Crippen LogP contribution is -2.61. The largest absolute Gasteiger partial charge is 0.363 e. The van der Waals surface area contributed by atoms with E-state index in [0.29, 0.717) is 5.41 Å². The average Bonchev–Trinajstić information content (AvgIpc) is 2.91. The van der Waals surface area contributed by atoms with Crippen LogP contribution in [0.5, 0.6) is 0 Å². The van der Waals surface area contributed by atoms with Gasteiger partial charge in [0, 0.05) is 49.1 Å². The molecule has 0 aromatic carbocycles. The molecule has 3 heterocycles. The number of hydrogen-bond acceptors (Lipinski definition) is 4. The summed E-state index contributed by atoms with van der Waals surface area (Å²) >= 11 is 1.89. The lowest BCUT2D eigenvalue weighted by Gasteiger charge is -2.54. The number of rotatable bonds is 4. The Balaban J connectivity index is 1.46. The van der Waals surface area contributed by atoms with Crippen LogP contribution in [0, 0.1) is 12.3 Å². The Kier molecular flexibility index (Phi) is 4.78. The number of aryl methyl sites for hydroxylation is 1. The number of anilines is 1. The van der Waals surface area contributed by atoms with Crippen molar-refractivity contribution < 1.29 is 4.79 Å². The van der Waals surface area contributed by atoms with Crippen molar-refractivity contribution in [3.8, 4) is 0 Å². The second kappa shape index (κ2) is 6.65. The molecule has 0 aliphatic carbocycles. The molecule has 1 aromatic rings. The van der Waals surface area contributed by atoms with Gasteiger partial charge in [-0.25, -0.2) is 0 Å². The van der Waals surface area contributed by atoms with Gasteiger partial charge in [-0.05, 0) is 46.0 Å². The lowest BCUT2D eigenvalue weighted by molar-refractivity contribution is -0.139. The molecular weight excluding hydrogens is 306 g/mol. The molecule has 1 amide bonds. The molecule has 23 heavy (non-hydrogen) atoms. The molecule has 0 radical (unpaired) electrons. The number of hydrogen-bond donors (Lipinski definition) is 0. The normalized spacial score (nSPS) is 20.5. The van der Waals surface area contributed by atoms with Gasteiger partial charge < -0.3 is 14.7 Å². The highest BCUT2D eigenvalue weighted by Crippen LogP contribution is 2.42.